The first-order valence-electron chi connectivity index (χ1n) is 5.72. The number of hydrogen-bond donors (Lipinski definition) is 1. The highest BCUT2D eigenvalue weighted by Crippen LogP contribution is 2.17. The molecule has 2 heterocycles. The van der Waals surface area contributed by atoms with Crippen molar-refractivity contribution in [2.45, 2.75) is 25.9 Å². The zero-order valence-corrected chi connectivity index (χ0v) is 11.2. The summed E-state index contributed by atoms with van der Waals surface area (Å²) in [5.74, 6) is 0.694. The minimum absolute atomic E-state index is 0.319. The quantitative estimate of drug-likeness (QED) is 0.903. The topological polar surface area (TPSA) is 42.1 Å². The molecule has 2 unspecified atom stereocenters. The molecule has 0 bridgehead atoms. The van der Waals surface area contributed by atoms with E-state index in [1.807, 2.05) is 12.3 Å². The van der Waals surface area contributed by atoms with Gasteiger partial charge in [-0.1, -0.05) is 6.92 Å². The van der Waals surface area contributed by atoms with Gasteiger partial charge in [0.1, 0.15) is 0 Å². The molecule has 0 aliphatic carbocycles. The van der Waals surface area contributed by atoms with Gasteiger partial charge in [-0.2, -0.15) is 0 Å². The van der Waals surface area contributed by atoms with E-state index in [4.69, 9.17) is 5.73 Å². The molecule has 3 nitrogen and oxygen atoms in total. The molecule has 0 saturated carbocycles. The second-order valence-electron chi connectivity index (χ2n) is 4.76. The molecule has 0 spiro atoms. The van der Waals surface area contributed by atoms with Crippen LogP contribution in [0.15, 0.2) is 22.8 Å². The zero-order chi connectivity index (χ0) is 11.5. The molecule has 1 saturated heterocycles. The summed E-state index contributed by atoms with van der Waals surface area (Å²) in [4.78, 5) is 6.79. The summed E-state index contributed by atoms with van der Waals surface area (Å²) >= 11 is 3.39. The molecule has 0 aromatic carbocycles. The second-order valence-corrected chi connectivity index (χ2v) is 5.68. The van der Waals surface area contributed by atoms with Crippen molar-refractivity contribution >= 4 is 15.9 Å². The number of rotatable bonds is 2. The van der Waals surface area contributed by atoms with Crippen LogP contribution in [0.5, 0.6) is 0 Å². The van der Waals surface area contributed by atoms with Gasteiger partial charge in [-0.25, -0.2) is 0 Å². The number of hydrogen-bond acceptors (Lipinski definition) is 3. The fourth-order valence-corrected chi connectivity index (χ4v) is 2.61. The fraction of sp³-hybridized carbons (Fsp3) is 0.583. The standard InChI is InChI=1S/C12H18BrN3/c1-9-4-11(14)7-16(6-9)8-12-3-2-10(13)5-15-12/h2-3,5,9,11H,4,6-8,14H2,1H3. The first-order valence-corrected chi connectivity index (χ1v) is 6.51. The number of nitrogens with two attached hydrogens (primary N) is 1. The molecule has 1 aliphatic rings. The first-order chi connectivity index (χ1) is 7.63. The Morgan fingerprint density at radius 3 is 2.94 bits per heavy atom. The Morgan fingerprint density at radius 1 is 1.50 bits per heavy atom. The Balaban J connectivity index is 1.96. The van der Waals surface area contributed by atoms with Gasteiger partial charge in [0.05, 0.1) is 5.69 Å². The number of piperidine rings is 1. The average Bonchev–Trinajstić information content (AvgIpc) is 2.20. The van der Waals surface area contributed by atoms with Gasteiger partial charge in [0.25, 0.3) is 0 Å². The van der Waals surface area contributed by atoms with E-state index in [2.05, 4.69) is 38.8 Å². The van der Waals surface area contributed by atoms with Gasteiger partial charge in [-0.3, -0.25) is 9.88 Å². The maximum absolute atomic E-state index is 6.02. The van der Waals surface area contributed by atoms with Gasteiger partial charge in [-0.15, -0.1) is 0 Å². The van der Waals surface area contributed by atoms with E-state index in [9.17, 15) is 0 Å². The number of likely N-dealkylation sites (tertiary alicyclic amines) is 1. The SMILES string of the molecule is CC1CC(N)CN(Cc2ccc(Br)cn2)C1. The van der Waals surface area contributed by atoms with E-state index >= 15 is 0 Å². The lowest BCUT2D eigenvalue weighted by Crippen LogP contribution is -2.45. The normalized spacial score (nSPS) is 26.9. The van der Waals surface area contributed by atoms with E-state index in [1.165, 1.54) is 0 Å². The molecule has 16 heavy (non-hydrogen) atoms. The maximum Gasteiger partial charge on any atom is 0.0544 e. The van der Waals surface area contributed by atoms with E-state index in [0.717, 1.165) is 36.2 Å². The third kappa shape index (κ3) is 3.27. The Bertz CT molecular complexity index is 329. The summed E-state index contributed by atoms with van der Waals surface area (Å²) in [6, 6.07) is 4.42. The zero-order valence-electron chi connectivity index (χ0n) is 9.56. The van der Waals surface area contributed by atoms with Crippen LogP contribution in [-0.4, -0.2) is 29.0 Å². The Labute approximate surface area is 105 Å². The van der Waals surface area contributed by atoms with E-state index < -0.39 is 0 Å². The Morgan fingerprint density at radius 2 is 2.31 bits per heavy atom. The Kier molecular flexibility index (Phi) is 3.95. The molecule has 2 N–H and O–H groups in total. The number of nitrogens with zero attached hydrogens (tertiary/aromatic N) is 2. The summed E-state index contributed by atoms with van der Waals surface area (Å²) < 4.78 is 1.03. The summed E-state index contributed by atoms with van der Waals surface area (Å²) in [6.45, 7) is 5.29. The third-order valence-electron chi connectivity index (χ3n) is 2.94. The molecular weight excluding hydrogens is 266 g/mol. The molecule has 1 fully saturated rings. The Hall–Kier alpha value is -0.450. The molecule has 88 valence electrons. The monoisotopic (exact) mass is 283 g/mol. The summed E-state index contributed by atoms with van der Waals surface area (Å²) in [7, 11) is 0. The molecule has 1 aromatic rings. The van der Waals surface area contributed by atoms with Crippen LogP contribution in [0.4, 0.5) is 0 Å². The summed E-state index contributed by atoms with van der Waals surface area (Å²) in [6.07, 6.45) is 2.99. The minimum atomic E-state index is 0.319. The van der Waals surface area contributed by atoms with Crippen molar-refractivity contribution < 1.29 is 0 Å². The predicted molar refractivity (Wildman–Crippen MR) is 69.0 cm³/mol. The van der Waals surface area contributed by atoms with Crippen molar-refractivity contribution in [2.75, 3.05) is 13.1 Å². The molecule has 2 atom stereocenters. The van der Waals surface area contributed by atoms with Crippen molar-refractivity contribution in [1.29, 1.82) is 0 Å². The summed E-state index contributed by atoms with van der Waals surface area (Å²) in [5, 5.41) is 0. The smallest absolute Gasteiger partial charge is 0.0544 e. The molecule has 2 rings (SSSR count). The maximum atomic E-state index is 6.02. The van der Waals surface area contributed by atoms with Crippen LogP contribution < -0.4 is 5.73 Å². The average molecular weight is 284 g/mol. The van der Waals surface area contributed by atoms with Crippen LogP contribution in [0.2, 0.25) is 0 Å². The molecule has 1 aliphatic heterocycles. The highest BCUT2D eigenvalue weighted by atomic mass is 79.9. The van der Waals surface area contributed by atoms with Crippen molar-refractivity contribution in [3.63, 3.8) is 0 Å². The lowest BCUT2D eigenvalue weighted by atomic mass is 9.96. The number of halogens is 1. The van der Waals surface area contributed by atoms with Crippen molar-refractivity contribution in [1.82, 2.24) is 9.88 Å². The molecule has 0 radical (unpaired) electrons. The second kappa shape index (κ2) is 5.25. The van der Waals surface area contributed by atoms with Gasteiger partial charge >= 0.3 is 0 Å². The number of aromatic nitrogens is 1. The molecule has 4 heteroatoms. The van der Waals surface area contributed by atoms with Crippen LogP contribution in [-0.2, 0) is 6.54 Å². The van der Waals surface area contributed by atoms with Crippen molar-refractivity contribution in [3.8, 4) is 0 Å². The third-order valence-corrected chi connectivity index (χ3v) is 3.41. The number of pyridine rings is 1. The van der Waals surface area contributed by atoms with Gasteiger partial charge in [-0.05, 0) is 40.4 Å². The fourth-order valence-electron chi connectivity index (χ4n) is 2.37. The first kappa shape index (κ1) is 12.0. The largest absolute Gasteiger partial charge is 0.327 e. The van der Waals surface area contributed by atoms with E-state index in [-0.39, 0.29) is 0 Å². The lowest BCUT2D eigenvalue weighted by Gasteiger charge is -2.34. The van der Waals surface area contributed by atoms with Gasteiger partial charge in [0.15, 0.2) is 0 Å². The van der Waals surface area contributed by atoms with Crippen LogP contribution >= 0.6 is 15.9 Å². The van der Waals surface area contributed by atoms with Gasteiger partial charge < -0.3 is 5.73 Å². The van der Waals surface area contributed by atoms with Crippen LogP contribution in [0, 0.1) is 5.92 Å². The minimum Gasteiger partial charge on any atom is -0.327 e. The van der Waals surface area contributed by atoms with Crippen molar-refractivity contribution in [3.05, 3.63) is 28.5 Å². The van der Waals surface area contributed by atoms with Crippen LogP contribution in [0.1, 0.15) is 19.0 Å². The highest BCUT2D eigenvalue weighted by molar-refractivity contribution is 9.10. The van der Waals surface area contributed by atoms with Gasteiger partial charge in [0, 0.05) is 36.3 Å². The van der Waals surface area contributed by atoms with E-state index in [0.29, 0.717) is 12.0 Å². The highest BCUT2D eigenvalue weighted by Gasteiger charge is 2.22. The van der Waals surface area contributed by atoms with Crippen LogP contribution in [0.25, 0.3) is 0 Å². The predicted octanol–water partition coefficient (Wildman–Crippen LogP) is 2.01. The van der Waals surface area contributed by atoms with Gasteiger partial charge in [0.2, 0.25) is 0 Å². The molecule has 0 amide bonds. The lowest BCUT2D eigenvalue weighted by molar-refractivity contribution is 0.157. The van der Waals surface area contributed by atoms with Crippen LogP contribution in [0.3, 0.4) is 0 Å². The summed E-state index contributed by atoms with van der Waals surface area (Å²) in [5.41, 5.74) is 7.14. The molecular formula is C12H18BrN3. The molecule has 1 aromatic heterocycles. The van der Waals surface area contributed by atoms with Crippen molar-refractivity contribution in [2.24, 2.45) is 11.7 Å². The van der Waals surface area contributed by atoms with E-state index in [1.54, 1.807) is 0 Å².